The van der Waals surface area contributed by atoms with Gasteiger partial charge < -0.3 is 9.64 Å². The standard InChI is InChI=1S/C21H19F3N2O4/c22-21(23,24)13-4-6-14(7-5-13)26-17-2-1-3-18(27)15(17)12-16(20(26)29)19(28)25-8-10-30-11-9-25/h4-7,12H,1-3,8-11H2. The van der Waals surface area contributed by atoms with Crippen LogP contribution in [-0.4, -0.2) is 47.5 Å². The molecule has 1 aliphatic carbocycles. The molecule has 2 aromatic rings. The van der Waals surface area contributed by atoms with Gasteiger partial charge in [0.25, 0.3) is 11.5 Å². The second kappa shape index (κ2) is 7.71. The molecule has 1 saturated heterocycles. The predicted molar refractivity (Wildman–Crippen MR) is 101 cm³/mol. The summed E-state index contributed by atoms with van der Waals surface area (Å²) >= 11 is 0. The summed E-state index contributed by atoms with van der Waals surface area (Å²) in [5, 5.41) is 0. The normalized spacial score (nSPS) is 17.0. The van der Waals surface area contributed by atoms with Crippen molar-refractivity contribution in [1.29, 1.82) is 0 Å². The van der Waals surface area contributed by atoms with Gasteiger partial charge in [0.05, 0.1) is 18.8 Å². The van der Waals surface area contributed by atoms with Crippen molar-refractivity contribution >= 4 is 11.7 Å². The van der Waals surface area contributed by atoms with Crippen LogP contribution in [0.1, 0.15) is 44.8 Å². The van der Waals surface area contributed by atoms with Crippen molar-refractivity contribution in [3.63, 3.8) is 0 Å². The van der Waals surface area contributed by atoms with E-state index in [1.165, 1.54) is 27.7 Å². The van der Waals surface area contributed by atoms with Gasteiger partial charge in [-0.2, -0.15) is 13.2 Å². The molecule has 1 aromatic carbocycles. The predicted octanol–water partition coefficient (Wildman–Crippen LogP) is 2.85. The van der Waals surface area contributed by atoms with Gasteiger partial charge in [-0.05, 0) is 43.2 Å². The van der Waals surface area contributed by atoms with E-state index >= 15 is 0 Å². The third-order valence-electron chi connectivity index (χ3n) is 5.40. The van der Waals surface area contributed by atoms with Crippen LogP contribution in [0.25, 0.3) is 5.69 Å². The van der Waals surface area contributed by atoms with Crippen molar-refractivity contribution in [2.45, 2.75) is 25.4 Å². The van der Waals surface area contributed by atoms with E-state index in [-0.39, 0.29) is 22.6 Å². The molecule has 2 heterocycles. The maximum Gasteiger partial charge on any atom is 0.416 e. The van der Waals surface area contributed by atoms with E-state index in [1.807, 2.05) is 0 Å². The number of morpholine rings is 1. The number of halogens is 3. The van der Waals surface area contributed by atoms with Crippen molar-refractivity contribution in [2.75, 3.05) is 26.3 Å². The Bertz CT molecular complexity index is 1050. The fraction of sp³-hybridized carbons (Fsp3) is 0.381. The van der Waals surface area contributed by atoms with Gasteiger partial charge in [0.2, 0.25) is 0 Å². The Kier molecular flexibility index (Phi) is 5.23. The smallest absolute Gasteiger partial charge is 0.378 e. The van der Waals surface area contributed by atoms with Crippen LogP contribution in [0.5, 0.6) is 0 Å². The topological polar surface area (TPSA) is 68.6 Å². The van der Waals surface area contributed by atoms with Crippen LogP contribution in [0.3, 0.4) is 0 Å². The lowest BCUT2D eigenvalue weighted by atomic mass is 9.92. The van der Waals surface area contributed by atoms with E-state index in [0.29, 0.717) is 51.3 Å². The van der Waals surface area contributed by atoms with Crippen LogP contribution >= 0.6 is 0 Å². The Labute approximate surface area is 169 Å². The lowest BCUT2D eigenvalue weighted by molar-refractivity contribution is -0.137. The van der Waals surface area contributed by atoms with E-state index in [4.69, 9.17) is 4.74 Å². The van der Waals surface area contributed by atoms with Gasteiger partial charge in [-0.1, -0.05) is 0 Å². The zero-order valence-electron chi connectivity index (χ0n) is 16.0. The summed E-state index contributed by atoms with van der Waals surface area (Å²) in [5.74, 6) is -0.696. The first-order valence-electron chi connectivity index (χ1n) is 9.64. The maximum absolute atomic E-state index is 13.3. The molecular weight excluding hydrogens is 401 g/mol. The number of ketones is 1. The van der Waals surface area contributed by atoms with E-state index in [2.05, 4.69) is 0 Å². The summed E-state index contributed by atoms with van der Waals surface area (Å²) in [4.78, 5) is 40.2. The summed E-state index contributed by atoms with van der Waals surface area (Å²) in [6, 6.07) is 5.49. The average molecular weight is 420 g/mol. The summed E-state index contributed by atoms with van der Waals surface area (Å²) < 4.78 is 45.2. The molecule has 9 heteroatoms. The molecular formula is C21H19F3N2O4. The Morgan fingerprint density at radius 3 is 2.30 bits per heavy atom. The Morgan fingerprint density at radius 1 is 1.00 bits per heavy atom. The minimum atomic E-state index is -4.51. The lowest BCUT2D eigenvalue weighted by Gasteiger charge is -2.28. The molecule has 0 unspecified atom stereocenters. The Hall–Kier alpha value is -2.94. The number of carbonyl (C=O) groups excluding carboxylic acids is 2. The van der Waals surface area contributed by atoms with Crippen molar-refractivity contribution in [2.24, 2.45) is 0 Å². The highest BCUT2D eigenvalue weighted by molar-refractivity contribution is 6.02. The number of pyridine rings is 1. The fourth-order valence-electron chi connectivity index (χ4n) is 3.85. The lowest BCUT2D eigenvalue weighted by Crippen LogP contribution is -2.44. The summed E-state index contributed by atoms with van der Waals surface area (Å²) in [6.07, 6.45) is -3.26. The number of nitrogens with zero attached hydrogens (tertiary/aromatic N) is 2. The van der Waals surface area contributed by atoms with Crippen molar-refractivity contribution in [3.05, 3.63) is 63.1 Å². The number of aromatic nitrogens is 1. The molecule has 0 radical (unpaired) electrons. The Morgan fingerprint density at radius 2 is 1.67 bits per heavy atom. The summed E-state index contributed by atoms with van der Waals surface area (Å²) in [5.41, 5.74) is -0.752. The second-order valence-electron chi connectivity index (χ2n) is 7.28. The second-order valence-corrected chi connectivity index (χ2v) is 7.28. The zero-order valence-corrected chi connectivity index (χ0v) is 16.0. The maximum atomic E-state index is 13.3. The molecule has 4 rings (SSSR count). The van der Waals surface area contributed by atoms with Crippen LogP contribution in [0.2, 0.25) is 0 Å². The van der Waals surface area contributed by atoms with E-state index in [0.717, 1.165) is 12.1 Å². The highest BCUT2D eigenvalue weighted by Crippen LogP contribution is 2.30. The number of ether oxygens (including phenoxy) is 1. The molecule has 1 aromatic heterocycles. The number of hydrogen-bond acceptors (Lipinski definition) is 4. The highest BCUT2D eigenvalue weighted by atomic mass is 19.4. The number of amides is 1. The van der Waals surface area contributed by atoms with Crippen LogP contribution in [-0.2, 0) is 17.3 Å². The number of fused-ring (bicyclic) bond motifs is 1. The third-order valence-corrected chi connectivity index (χ3v) is 5.40. The minimum Gasteiger partial charge on any atom is -0.378 e. The number of alkyl halides is 3. The van der Waals surface area contributed by atoms with Gasteiger partial charge in [0, 0.05) is 36.5 Å². The van der Waals surface area contributed by atoms with E-state index in [1.54, 1.807) is 0 Å². The molecule has 6 nitrogen and oxygen atoms in total. The van der Waals surface area contributed by atoms with Crippen LogP contribution in [0.4, 0.5) is 13.2 Å². The van der Waals surface area contributed by atoms with Gasteiger partial charge in [-0.25, -0.2) is 0 Å². The molecule has 0 spiro atoms. The van der Waals surface area contributed by atoms with Crippen molar-refractivity contribution in [1.82, 2.24) is 9.47 Å². The molecule has 0 saturated carbocycles. The van der Waals surface area contributed by atoms with Gasteiger partial charge in [0.1, 0.15) is 5.56 Å². The molecule has 1 aliphatic heterocycles. The van der Waals surface area contributed by atoms with E-state index in [9.17, 15) is 27.6 Å². The Balaban J connectivity index is 1.87. The van der Waals surface area contributed by atoms with Gasteiger partial charge in [0.15, 0.2) is 5.78 Å². The summed E-state index contributed by atoms with van der Waals surface area (Å²) in [6.45, 7) is 1.35. The molecule has 0 atom stereocenters. The van der Waals surface area contributed by atoms with Gasteiger partial charge >= 0.3 is 6.18 Å². The molecule has 1 fully saturated rings. The fourth-order valence-corrected chi connectivity index (χ4v) is 3.85. The average Bonchev–Trinajstić information content (AvgIpc) is 2.73. The zero-order chi connectivity index (χ0) is 21.5. The molecule has 158 valence electrons. The first kappa shape index (κ1) is 20.3. The summed E-state index contributed by atoms with van der Waals surface area (Å²) in [7, 11) is 0. The van der Waals surface area contributed by atoms with Gasteiger partial charge in [-0.15, -0.1) is 0 Å². The van der Waals surface area contributed by atoms with Crippen molar-refractivity contribution in [3.8, 4) is 5.69 Å². The number of benzene rings is 1. The third kappa shape index (κ3) is 3.65. The minimum absolute atomic E-state index is 0.161. The molecule has 2 aliphatic rings. The monoisotopic (exact) mass is 420 g/mol. The first-order valence-corrected chi connectivity index (χ1v) is 9.64. The number of Topliss-reactive ketones (excluding diaryl/α,β-unsaturated/α-hetero) is 1. The molecule has 0 N–H and O–H groups in total. The largest absolute Gasteiger partial charge is 0.416 e. The van der Waals surface area contributed by atoms with Crippen LogP contribution in [0.15, 0.2) is 35.1 Å². The number of carbonyl (C=O) groups is 2. The van der Waals surface area contributed by atoms with Crippen molar-refractivity contribution < 1.29 is 27.5 Å². The SMILES string of the molecule is O=C1CCCc2c1cc(C(=O)N1CCOCC1)c(=O)n2-c1ccc(C(F)(F)F)cc1. The molecule has 0 bridgehead atoms. The van der Waals surface area contributed by atoms with Crippen LogP contribution < -0.4 is 5.56 Å². The highest BCUT2D eigenvalue weighted by Gasteiger charge is 2.31. The number of hydrogen-bond donors (Lipinski definition) is 0. The molecule has 30 heavy (non-hydrogen) atoms. The van der Waals surface area contributed by atoms with Crippen LogP contribution in [0, 0.1) is 0 Å². The first-order chi connectivity index (χ1) is 14.3. The molecule has 1 amide bonds. The quantitative estimate of drug-likeness (QED) is 0.749. The number of rotatable bonds is 2. The van der Waals surface area contributed by atoms with E-state index < -0.39 is 23.2 Å². The van der Waals surface area contributed by atoms with Gasteiger partial charge in [-0.3, -0.25) is 19.0 Å².